The van der Waals surface area contributed by atoms with Gasteiger partial charge < -0.3 is 4.52 Å². The number of thiazole rings is 1. The Bertz CT molecular complexity index is 841. The zero-order chi connectivity index (χ0) is 17.9. The van der Waals surface area contributed by atoms with Gasteiger partial charge in [-0.2, -0.15) is 0 Å². The van der Waals surface area contributed by atoms with Gasteiger partial charge in [0.15, 0.2) is 0 Å². The van der Waals surface area contributed by atoms with E-state index >= 15 is 0 Å². The molecule has 0 aliphatic carbocycles. The molecule has 136 valence electrons. The van der Waals surface area contributed by atoms with E-state index in [4.69, 9.17) is 4.52 Å². The molecule has 26 heavy (non-hydrogen) atoms. The monoisotopic (exact) mass is 369 g/mol. The Morgan fingerprint density at radius 1 is 1.27 bits per heavy atom. The van der Waals surface area contributed by atoms with E-state index in [0.29, 0.717) is 5.92 Å². The summed E-state index contributed by atoms with van der Waals surface area (Å²) in [6.45, 7) is 7.09. The maximum Gasteiger partial charge on any atom is 0.143 e. The number of hydrogen-bond donors (Lipinski definition) is 0. The normalized spacial score (nSPS) is 18.3. The maximum atomic E-state index is 5.28. The first kappa shape index (κ1) is 17.3. The molecule has 4 heterocycles. The molecule has 0 saturated carbocycles. The van der Waals surface area contributed by atoms with Crippen LogP contribution in [0, 0.1) is 19.8 Å². The average molecular weight is 369 g/mol. The van der Waals surface area contributed by atoms with Crippen LogP contribution in [0.3, 0.4) is 0 Å². The van der Waals surface area contributed by atoms with Crippen LogP contribution in [0.15, 0.2) is 28.5 Å². The number of rotatable bonds is 5. The van der Waals surface area contributed by atoms with Gasteiger partial charge in [-0.25, -0.2) is 15.0 Å². The number of likely N-dealkylation sites (tertiary alicyclic amines) is 1. The van der Waals surface area contributed by atoms with Crippen molar-refractivity contribution in [2.45, 2.75) is 39.7 Å². The number of piperidine rings is 1. The predicted octanol–water partition coefficient (Wildman–Crippen LogP) is 3.66. The Labute approximate surface area is 157 Å². The zero-order valence-corrected chi connectivity index (χ0v) is 16.0. The molecule has 0 amide bonds. The lowest BCUT2D eigenvalue weighted by atomic mass is 9.93. The van der Waals surface area contributed by atoms with Gasteiger partial charge in [0.1, 0.15) is 17.1 Å². The van der Waals surface area contributed by atoms with Gasteiger partial charge in [0.2, 0.25) is 0 Å². The molecule has 0 radical (unpaired) electrons. The molecular weight excluding hydrogens is 346 g/mol. The van der Waals surface area contributed by atoms with Gasteiger partial charge in [-0.05, 0) is 51.6 Å². The SMILES string of the molecule is Cc1noc(C)c1-c1cc(C[C@@H]2CCCN(Cc3nccs3)C2)ncn1. The number of hydrogen-bond acceptors (Lipinski definition) is 7. The lowest BCUT2D eigenvalue weighted by Gasteiger charge is -2.32. The fraction of sp³-hybridized carbons (Fsp3) is 0.474. The minimum atomic E-state index is 0.621. The van der Waals surface area contributed by atoms with Crippen molar-refractivity contribution in [3.63, 3.8) is 0 Å². The predicted molar refractivity (Wildman–Crippen MR) is 101 cm³/mol. The van der Waals surface area contributed by atoms with Gasteiger partial charge in [0.05, 0.1) is 23.5 Å². The molecule has 1 saturated heterocycles. The van der Waals surface area contributed by atoms with E-state index in [2.05, 4.69) is 31.1 Å². The summed E-state index contributed by atoms with van der Waals surface area (Å²) in [5.74, 6) is 1.43. The molecule has 7 heteroatoms. The Balaban J connectivity index is 1.44. The van der Waals surface area contributed by atoms with Gasteiger partial charge in [-0.3, -0.25) is 4.90 Å². The largest absolute Gasteiger partial charge is 0.361 e. The lowest BCUT2D eigenvalue weighted by Crippen LogP contribution is -2.35. The highest BCUT2D eigenvalue weighted by Gasteiger charge is 2.22. The van der Waals surface area contributed by atoms with Crippen LogP contribution in [-0.2, 0) is 13.0 Å². The molecular formula is C19H23N5OS. The topological polar surface area (TPSA) is 67.9 Å². The van der Waals surface area contributed by atoms with Gasteiger partial charge in [-0.1, -0.05) is 5.16 Å². The summed E-state index contributed by atoms with van der Waals surface area (Å²) in [5, 5.41) is 7.29. The van der Waals surface area contributed by atoms with Crippen LogP contribution in [-0.4, -0.2) is 38.1 Å². The summed E-state index contributed by atoms with van der Waals surface area (Å²) >= 11 is 1.74. The molecule has 0 bridgehead atoms. The summed E-state index contributed by atoms with van der Waals surface area (Å²) in [6, 6.07) is 2.09. The second kappa shape index (κ2) is 7.63. The standard InChI is InChI=1S/C19H23N5OS/c1-13-19(14(2)25-23-13)17-9-16(21-12-22-17)8-15-4-3-6-24(10-15)11-18-20-5-7-26-18/h5,7,9,12,15H,3-4,6,8,10-11H2,1-2H3/t15-/m0/s1. The van der Waals surface area contributed by atoms with E-state index < -0.39 is 0 Å². The van der Waals surface area contributed by atoms with E-state index in [1.807, 2.05) is 25.4 Å². The van der Waals surface area contributed by atoms with E-state index in [1.54, 1.807) is 17.7 Å². The van der Waals surface area contributed by atoms with Crippen molar-refractivity contribution in [1.29, 1.82) is 0 Å². The summed E-state index contributed by atoms with van der Waals surface area (Å²) in [5.41, 5.74) is 3.86. The van der Waals surface area contributed by atoms with Gasteiger partial charge in [0.25, 0.3) is 0 Å². The van der Waals surface area contributed by atoms with Crippen LogP contribution in [0.1, 0.15) is 35.0 Å². The third kappa shape index (κ3) is 3.83. The van der Waals surface area contributed by atoms with Crippen LogP contribution < -0.4 is 0 Å². The average Bonchev–Trinajstić information content (AvgIpc) is 3.25. The van der Waals surface area contributed by atoms with E-state index in [9.17, 15) is 0 Å². The zero-order valence-electron chi connectivity index (χ0n) is 15.2. The van der Waals surface area contributed by atoms with Crippen LogP contribution in [0.5, 0.6) is 0 Å². The molecule has 1 aliphatic rings. The Hall–Kier alpha value is -2.12. The highest BCUT2D eigenvalue weighted by Crippen LogP contribution is 2.27. The number of aromatic nitrogens is 4. The van der Waals surface area contributed by atoms with E-state index in [1.165, 1.54) is 17.8 Å². The molecule has 0 N–H and O–H groups in total. The van der Waals surface area contributed by atoms with E-state index in [0.717, 1.165) is 54.5 Å². The van der Waals surface area contributed by atoms with Gasteiger partial charge >= 0.3 is 0 Å². The minimum absolute atomic E-state index is 0.621. The molecule has 0 unspecified atom stereocenters. The maximum absolute atomic E-state index is 5.28. The molecule has 0 aromatic carbocycles. The van der Waals surface area contributed by atoms with Crippen LogP contribution in [0.25, 0.3) is 11.3 Å². The van der Waals surface area contributed by atoms with E-state index in [-0.39, 0.29) is 0 Å². The fourth-order valence-corrected chi connectivity index (χ4v) is 4.43. The molecule has 3 aromatic heterocycles. The molecule has 6 nitrogen and oxygen atoms in total. The summed E-state index contributed by atoms with van der Waals surface area (Å²) in [7, 11) is 0. The number of nitrogens with zero attached hydrogens (tertiary/aromatic N) is 5. The van der Waals surface area contributed by atoms with Gasteiger partial charge in [0, 0.05) is 23.8 Å². The summed E-state index contributed by atoms with van der Waals surface area (Å²) in [6.07, 6.45) is 7.01. The fourth-order valence-electron chi connectivity index (χ4n) is 3.77. The van der Waals surface area contributed by atoms with Crippen LogP contribution in [0.4, 0.5) is 0 Å². The van der Waals surface area contributed by atoms with Crippen molar-refractivity contribution in [2.24, 2.45) is 5.92 Å². The molecule has 1 aliphatic heterocycles. The lowest BCUT2D eigenvalue weighted by molar-refractivity contribution is 0.166. The van der Waals surface area contributed by atoms with Crippen molar-refractivity contribution >= 4 is 11.3 Å². The third-order valence-electron chi connectivity index (χ3n) is 4.96. The Morgan fingerprint density at radius 3 is 2.96 bits per heavy atom. The smallest absolute Gasteiger partial charge is 0.143 e. The van der Waals surface area contributed by atoms with Crippen molar-refractivity contribution in [3.05, 3.63) is 46.1 Å². The summed E-state index contributed by atoms with van der Waals surface area (Å²) in [4.78, 5) is 15.9. The van der Waals surface area contributed by atoms with Crippen molar-refractivity contribution in [3.8, 4) is 11.3 Å². The molecule has 4 rings (SSSR count). The first-order valence-electron chi connectivity index (χ1n) is 9.04. The molecule has 1 fully saturated rings. The highest BCUT2D eigenvalue weighted by atomic mass is 32.1. The quantitative estimate of drug-likeness (QED) is 0.684. The van der Waals surface area contributed by atoms with Crippen molar-refractivity contribution in [1.82, 2.24) is 25.0 Å². The molecule has 1 atom stereocenters. The second-order valence-corrected chi connectivity index (χ2v) is 7.95. The Morgan fingerprint density at radius 2 is 2.19 bits per heavy atom. The minimum Gasteiger partial charge on any atom is -0.361 e. The Kier molecular flexibility index (Phi) is 5.08. The number of aryl methyl sites for hydroxylation is 2. The summed E-state index contributed by atoms with van der Waals surface area (Å²) < 4.78 is 5.28. The van der Waals surface area contributed by atoms with Crippen LogP contribution >= 0.6 is 11.3 Å². The van der Waals surface area contributed by atoms with Gasteiger partial charge in [-0.15, -0.1) is 11.3 Å². The van der Waals surface area contributed by atoms with Crippen molar-refractivity contribution in [2.75, 3.05) is 13.1 Å². The highest BCUT2D eigenvalue weighted by molar-refractivity contribution is 7.09. The van der Waals surface area contributed by atoms with Crippen molar-refractivity contribution < 1.29 is 4.52 Å². The second-order valence-electron chi connectivity index (χ2n) is 6.97. The van der Waals surface area contributed by atoms with Crippen LogP contribution in [0.2, 0.25) is 0 Å². The third-order valence-corrected chi connectivity index (χ3v) is 5.72. The first-order chi connectivity index (χ1) is 12.7. The molecule has 0 spiro atoms. The first-order valence-corrected chi connectivity index (χ1v) is 9.92. The molecule has 3 aromatic rings.